The first-order chi connectivity index (χ1) is 13.1. The van der Waals surface area contributed by atoms with E-state index in [4.69, 9.17) is 4.74 Å². The van der Waals surface area contributed by atoms with Crippen LogP contribution in [-0.4, -0.2) is 6.61 Å². The van der Waals surface area contributed by atoms with Crippen LogP contribution in [-0.2, 0) is 6.11 Å². The molecule has 0 aliphatic heterocycles. The van der Waals surface area contributed by atoms with Gasteiger partial charge in [0.05, 0.1) is 6.61 Å². The van der Waals surface area contributed by atoms with E-state index in [1.54, 1.807) is 6.92 Å². The van der Waals surface area contributed by atoms with Gasteiger partial charge in [0.2, 0.25) is 0 Å². The number of hydrogen-bond acceptors (Lipinski definition) is 2. The molecule has 0 atom stereocenters. The largest absolute Gasteiger partial charge is 0.494 e. The number of hydrogen-bond donors (Lipinski definition) is 0. The summed E-state index contributed by atoms with van der Waals surface area (Å²) in [4.78, 5) is 0. The van der Waals surface area contributed by atoms with Crippen molar-refractivity contribution in [2.75, 3.05) is 6.61 Å². The van der Waals surface area contributed by atoms with Crippen LogP contribution in [0.4, 0.5) is 30.7 Å². The normalized spacial score (nSPS) is 11.7. The zero-order valence-corrected chi connectivity index (χ0v) is 14.1. The van der Waals surface area contributed by atoms with E-state index in [2.05, 4.69) is 4.74 Å². The van der Waals surface area contributed by atoms with E-state index in [0.717, 1.165) is 18.2 Å². The third kappa shape index (κ3) is 3.56. The monoisotopic (exact) mass is 404 g/mol. The highest BCUT2D eigenvalue weighted by molar-refractivity contribution is 5.84. The van der Waals surface area contributed by atoms with E-state index in [1.807, 2.05) is 0 Å². The Hall–Kier alpha value is -2.97. The molecule has 0 fully saturated rings. The minimum absolute atomic E-state index is 0.0654. The minimum Gasteiger partial charge on any atom is -0.494 e. The molecule has 0 bridgehead atoms. The number of fused-ring (bicyclic) bond motifs is 1. The van der Waals surface area contributed by atoms with E-state index in [0.29, 0.717) is 18.2 Å². The van der Waals surface area contributed by atoms with Gasteiger partial charge in [-0.25, -0.2) is 22.0 Å². The maximum Gasteiger partial charge on any atom is 0.432 e. The van der Waals surface area contributed by atoms with Crippen LogP contribution in [0.1, 0.15) is 12.5 Å². The molecule has 3 aromatic carbocycles. The molecule has 3 aromatic rings. The highest BCUT2D eigenvalue weighted by Gasteiger charge is 2.41. The molecular weight excluding hydrogens is 393 g/mol. The van der Waals surface area contributed by atoms with Crippen molar-refractivity contribution in [1.29, 1.82) is 0 Å². The van der Waals surface area contributed by atoms with Crippen LogP contribution in [0.3, 0.4) is 0 Å². The Labute approximate surface area is 154 Å². The van der Waals surface area contributed by atoms with Crippen LogP contribution in [0.25, 0.3) is 10.8 Å². The second-order valence-electron chi connectivity index (χ2n) is 5.68. The maximum absolute atomic E-state index is 14.4. The highest BCUT2D eigenvalue weighted by Crippen LogP contribution is 2.37. The fraction of sp³-hybridized carbons (Fsp3) is 0.158. The number of alkyl halides is 2. The van der Waals surface area contributed by atoms with Crippen molar-refractivity contribution < 1.29 is 40.2 Å². The van der Waals surface area contributed by atoms with Gasteiger partial charge in [0, 0.05) is 17.5 Å². The molecule has 28 heavy (non-hydrogen) atoms. The summed E-state index contributed by atoms with van der Waals surface area (Å²) in [7, 11) is 0. The third-order valence-electron chi connectivity index (χ3n) is 3.81. The van der Waals surface area contributed by atoms with Gasteiger partial charge in [-0.15, -0.1) is 0 Å². The molecule has 148 valence electrons. The summed E-state index contributed by atoms with van der Waals surface area (Å²) >= 11 is 0. The summed E-state index contributed by atoms with van der Waals surface area (Å²) in [5, 5.41) is -0.662. The Kier molecular flexibility index (Phi) is 5.10. The fourth-order valence-corrected chi connectivity index (χ4v) is 2.62. The Balaban J connectivity index is 1.99. The first-order valence-corrected chi connectivity index (χ1v) is 7.90. The molecule has 0 amide bonds. The molecule has 3 rings (SSSR count). The van der Waals surface area contributed by atoms with Gasteiger partial charge in [0.25, 0.3) is 0 Å². The fourth-order valence-electron chi connectivity index (χ4n) is 2.62. The molecule has 0 saturated heterocycles. The highest BCUT2D eigenvalue weighted by atomic mass is 19.3. The zero-order chi connectivity index (χ0) is 20.6. The second-order valence-corrected chi connectivity index (χ2v) is 5.68. The van der Waals surface area contributed by atoms with E-state index in [-0.39, 0.29) is 23.1 Å². The quantitative estimate of drug-likeness (QED) is 0.380. The lowest BCUT2D eigenvalue weighted by Gasteiger charge is -2.20. The number of ether oxygens (including phenoxy) is 2. The van der Waals surface area contributed by atoms with E-state index >= 15 is 0 Å². The minimum atomic E-state index is -4.45. The van der Waals surface area contributed by atoms with Gasteiger partial charge < -0.3 is 9.47 Å². The third-order valence-corrected chi connectivity index (χ3v) is 3.81. The molecular formula is C19H11F7O2. The molecule has 0 heterocycles. The van der Waals surface area contributed by atoms with Crippen LogP contribution in [0, 0.1) is 29.1 Å². The number of benzene rings is 3. The van der Waals surface area contributed by atoms with Crippen molar-refractivity contribution in [3.8, 4) is 11.5 Å². The Morgan fingerprint density at radius 1 is 0.786 bits per heavy atom. The molecule has 0 aromatic heterocycles. The van der Waals surface area contributed by atoms with Crippen molar-refractivity contribution in [3.05, 3.63) is 71.0 Å². The van der Waals surface area contributed by atoms with Crippen molar-refractivity contribution in [2.24, 2.45) is 0 Å². The molecule has 0 aliphatic carbocycles. The molecule has 0 radical (unpaired) electrons. The first-order valence-electron chi connectivity index (χ1n) is 7.90. The van der Waals surface area contributed by atoms with Gasteiger partial charge in [-0.05, 0) is 36.6 Å². The maximum atomic E-state index is 14.4. The first kappa shape index (κ1) is 19.8. The van der Waals surface area contributed by atoms with Gasteiger partial charge >= 0.3 is 6.11 Å². The summed E-state index contributed by atoms with van der Waals surface area (Å²) in [5.74, 6) is -8.88. The lowest BCUT2D eigenvalue weighted by Crippen LogP contribution is -2.25. The number of rotatable bonds is 5. The Bertz CT molecular complexity index is 1030. The van der Waals surface area contributed by atoms with Crippen LogP contribution >= 0.6 is 0 Å². The standard InChI is InChI=1S/C19H11F7O2/c1-2-27-11-7-13(20)16(14(21)8-11)19(25,26)28-10-3-4-12-9(5-10)6-15(22)18(24)17(12)23/h3-8H,2H2,1H3. The molecule has 0 unspecified atom stereocenters. The summed E-state index contributed by atoms with van der Waals surface area (Å²) in [6, 6.07) is 4.24. The average molecular weight is 404 g/mol. The van der Waals surface area contributed by atoms with Crippen molar-refractivity contribution in [1.82, 2.24) is 0 Å². The van der Waals surface area contributed by atoms with Gasteiger partial charge in [0.15, 0.2) is 17.5 Å². The predicted molar refractivity (Wildman–Crippen MR) is 85.9 cm³/mol. The lowest BCUT2D eigenvalue weighted by molar-refractivity contribution is -0.189. The van der Waals surface area contributed by atoms with Crippen molar-refractivity contribution in [3.63, 3.8) is 0 Å². The van der Waals surface area contributed by atoms with Gasteiger partial charge in [-0.1, -0.05) is 0 Å². The van der Waals surface area contributed by atoms with E-state index < -0.39 is 46.5 Å². The van der Waals surface area contributed by atoms with Gasteiger partial charge in [-0.3, -0.25) is 0 Å². The van der Waals surface area contributed by atoms with Crippen LogP contribution in [0.15, 0.2) is 36.4 Å². The van der Waals surface area contributed by atoms with Crippen LogP contribution in [0.5, 0.6) is 11.5 Å². The molecule has 0 aliphatic rings. The summed E-state index contributed by atoms with van der Waals surface area (Å²) in [5.41, 5.74) is -1.66. The molecule has 2 nitrogen and oxygen atoms in total. The van der Waals surface area contributed by atoms with E-state index in [9.17, 15) is 30.7 Å². The molecule has 9 heteroatoms. The zero-order valence-electron chi connectivity index (χ0n) is 14.1. The van der Waals surface area contributed by atoms with Crippen LogP contribution < -0.4 is 9.47 Å². The van der Waals surface area contributed by atoms with Crippen molar-refractivity contribution in [2.45, 2.75) is 13.0 Å². The summed E-state index contributed by atoms with van der Waals surface area (Å²) < 4.78 is 106. The lowest BCUT2D eigenvalue weighted by atomic mass is 10.1. The predicted octanol–water partition coefficient (Wildman–Crippen LogP) is 6.06. The molecule has 0 spiro atoms. The molecule has 0 saturated carbocycles. The van der Waals surface area contributed by atoms with Gasteiger partial charge in [0.1, 0.15) is 28.7 Å². The topological polar surface area (TPSA) is 18.5 Å². The SMILES string of the molecule is CCOc1cc(F)c(C(F)(F)Oc2ccc3c(F)c(F)c(F)cc3c2)c(F)c1. The smallest absolute Gasteiger partial charge is 0.432 e. The molecule has 0 N–H and O–H groups in total. The van der Waals surface area contributed by atoms with Gasteiger partial charge in [-0.2, -0.15) is 8.78 Å². The summed E-state index contributed by atoms with van der Waals surface area (Å²) in [6.07, 6.45) is -4.45. The average Bonchev–Trinajstić information content (AvgIpc) is 2.58. The van der Waals surface area contributed by atoms with Crippen LogP contribution in [0.2, 0.25) is 0 Å². The Morgan fingerprint density at radius 2 is 1.43 bits per heavy atom. The number of halogens is 7. The Morgan fingerprint density at radius 3 is 2.04 bits per heavy atom. The summed E-state index contributed by atoms with van der Waals surface area (Å²) in [6.45, 7) is 1.61. The van der Waals surface area contributed by atoms with Crippen molar-refractivity contribution >= 4 is 10.8 Å². The van der Waals surface area contributed by atoms with E-state index in [1.165, 1.54) is 0 Å². The second kappa shape index (κ2) is 7.21.